The van der Waals surface area contributed by atoms with Gasteiger partial charge in [0.15, 0.2) is 0 Å². The van der Waals surface area contributed by atoms with Gasteiger partial charge in [0, 0.05) is 37.0 Å². The molecule has 0 unspecified atom stereocenters. The summed E-state index contributed by atoms with van der Waals surface area (Å²) in [7, 11) is 0. The summed E-state index contributed by atoms with van der Waals surface area (Å²) in [5.41, 5.74) is 8.56. The highest BCUT2D eigenvalue weighted by atomic mass is 16.5. The lowest BCUT2D eigenvalue weighted by atomic mass is 9.93. The summed E-state index contributed by atoms with van der Waals surface area (Å²) in [4.78, 5) is 26.0. The molecule has 5 rings (SSSR count). The first-order chi connectivity index (χ1) is 19.9. The standard InChI is InChI=1S/C33H36N4O4/c1-23-8-3-14-31(24(23)2)41-17-7-15-32(38)37-16-6-12-29-28(11-5-13-30(29)37)27-20-35-36(22-27)21-26-10-4-9-25(18-26)19-34-33(39)40/h3-5,8-11,13-14,18,20,22,34H,6-7,12,15-17,19,21H2,1-2H3,(H,39,40). The monoisotopic (exact) mass is 552 g/mol. The van der Waals surface area contributed by atoms with Gasteiger partial charge in [0.25, 0.3) is 0 Å². The van der Waals surface area contributed by atoms with Gasteiger partial charge in [-0.25, -0.2) is 4.79 Å². The highest BCUT2D eigenvalue weighted by Gasteiger charge is 2.24. The van der Waals surface area contributed by atoms with Crippen LogP contribution in [0.4, 0.5) is 10.5 Å². The molecule has 2 amide bonds. The van der Waals surface area contributed by atoms with Gasteiger partial charge in [0.2, 0.25) is 5.91 Å². The Labute approximate surface area is 240 Å². The third kappa shape index (κ3) is 6.77. The lowest BCUT2D eigenvalue weighted by Gasteiger charge is -2.31. The number of carboxylic acid groups (broad SMARTS) is 1. The highest BCUT2D eigenvalue weighted by Crippen LogP contribution is 2.36. The first-order valence-corrected chi connectivity index (χ1v) is 14.1. The summed E-state index contributed by atoms with van der Waals surface area (Å²) < 4.78 is 7.86. The van der Waals surface area contributed by atoms with Crippen LogP contribution in [0.5, 0.6) is 5.75 Å². The van der Waals surface area contributed by atoms with Gasteiger partial charge in [0.05, 0.1) is 19.3 Å². The van der Waals surface area contributed by atoms with Gasteiger partial charge in [-0.3, -0.25) is 9.48 Å². The third-order valence-corrected chi connectivity index (χ3v) is 7.62. The SMILES string of the molecule is Cc1cccc(OCCCC(=O)N2CCCc3c(-c4cnn(Cc5cccc(CNC(=O)O)c5)c4)cccc32)c1C. The zero-order valence-electron chi connectivity index (χ0n) is 23.6. The second-order valence-corrected chi connectivity index (χ2v) is 10.5. The van der Waals surface area contributed by atoms with Crippen molar-refractivity contribution in [1.82, 2.24) is 15.1 Å². The second kappa shape index (κ2) is 12.7. The number of benzene rings is 3. The quantitative estimate of drug-likeness (QED) is 0.231. The van der Waals surface area contributed by atoms with Crippen LogP contribution >= 0.6 is 0 Å². The van der Waals surface area contributed by atoms with E-state index in [4.69, 9.17) is 9.84 Å². The summed E-state index contributed by atoms with van der Waals surface area (Å²) in [6, 6.07) is 20.0. The summed E-state index contributed by atoms with van der Waals surface area (Å²) >= 11 is 0. The van der Waals surface area contributed by atoms with Crippen LogP contribution in [0, 0.1) is 13.8 Å². The average Bonchev–Trinajstić information content (AvgIpc) is 3.44. The van der Waals surface area contributed by atoms with E-state index in [2.05, 4.69) is 36.4 Å². The Balaban J connectivity index is 1.24. The van der Waals surface area contributed by atoms with E-state index in [9.17, 15) is 9.59 Å². The molecule has 1 aliphatic rings. The minimum absolute atomic E-state index is 0.126. The lowest BCUT2D eigenvalue weighted by molar-refractivity contribution is -0.118. The number of hydrogen-bond acceptors (Lipinski definition) is 4. The summed E-state index contributed by atoms with van der Waals surface area (Å²) in [5.74, 6) is 1.01. The number of anilines is 1. The number of aryl methyl sites for hydroxylation is 1. The van der Waals surface area contributed by atoms with Crippen molar-refractivity contribution in [1.29, 1.82) is 0 Å². The fourth-order valence-corrected chi connectivity index (χ4v) is 5.37. The zero-order chi connectivity index (χ0) is 28.8. The Morgan fingerprint density at radius 2 is 1.85 bits per heavy atom. The van der Waals surface area contributed by atoms with Crippen molar-refractivity contribution in [3.05, 3.63) is 101 Å². The first-order valence-electron chi connectivity index (χ1n) is 14.1. The number of aromatic nitrogens is 2. The smallest absolute Gasteiger partial charge is 0.404 e. The average molecular weight is 553 g/mol. The molecule has 8 nitrogen and oxygen atoms in total. The predicted molar refractivity (Wildman–Crippen MR) is 159 cm³/mol. The molecule has 212 valence electrons. The molecule has 0 fully saturated rings. The molecule has 2 heterocycles. The number of ether oxygens (including phenoxy) is 1. The van der Waals surface area contributed by atoms with Crippen LogP contribution in [0.15, 0.2) is 73.1 Å². The lowest BCUT2D eigenvalue weighted by Crippen LogP contribution is -2.35. The molecule has 1 aromatic heterocycles. The minimum Gasteiger partial charge on any atom is -0.493 e. The molecule has 0 saturated carbocycles. The van der Waals surface area contributed by atoms with Crippen molar-refractivity contribution in [2.75, 3.05) is 18.1 Å². The van der Waals surface area contributed by atoms with E-state index in [1.54, 1.807) is 0 Å². The summed E-state index contributed by atoms with van der Waals surface area (Å²) in [6.45, 7) is 6.20. The third-order valence-electron chi connectivity index (χ3n) is 7.62. The van der Waals surface area contributed by atoms with Gasteiger partial charge < -0.3 is 20.1 Å². The largest absolute Gasteiger partial charge is 0.493 e. The maximum atomic E-state index is 13.3. The highest BCUT2D eigenvalue weighted by molar-refractivity contribution is 5.96. The van der Waals surface area contributed by atoms with E-state index in [0.29, 0.717) is 26.0 Å². The van der Waals surface area contributed by atoms with Gasteiger partial charge in [0.1, 0.15) is 5.75 Å². The van der Waals surface area contributed by atoms with E-state index in [-0.39, 0.29) is 12.5 Å². The van der Waals surface area contributed by atoms with E-state index < -0.39 is 6.09 Å². The van der Waals surface area contributed by atoms with Crippen molar-refractivity contribution in [3.8, 4) is 16.9 Å². The molecule has 41 heavy (non-hydrogen) atoms. The number of carbonyl (C=O) groups excluding carboxylic acids is 1. The number of carbonyl (C=O) groups is 2. The van der Waals surface area contributed by atoms with Gasteiger partial charge in [-0.2, -0.15) is 5.10 Å². The van der Waals surface area contributed by atoms with Crippen molar-refractivity contribution >= 4 is 17.7 Å². The predicted octanol–water partition coefficient (Wildman–Crippen LogP) is 6.12. The summed E-state index contributed by atoms with van der Waals surface area (Å²) in [5, 5.41) is 15.9. The van der Waals surface area contributed by atoms with Gasteiger partial charge >= 0.3 is 6.09 Å². The van der Waals surface area contributed by atoms with Crippen LogP contribution < -0.4 is 15.0 Å². The maximum Gasteiger partial charge on any atom is 0.404 e. The molecule has 3 aromatic carbocycles. The number of nitrogens with zero attached hydrogens (tertiary/aromatic N) is 3. The molecule has 0 bridgehead atoms. The Morgan fingerprint density at radius 1 is 1.05 bits per heavy atom. The maximum absolute atomic E-state index is 13.3. The van der Waals surface area contributed by atoms with Crippen LogP contribution in [0.1, 0.15) is 47.1 Å². The zero-order valence-corrected chi connectivity index (χ0v) is 23.6. The van der Waals surface area contributed by atoms with Crippen LogP contribution in [-0.2, 0) is 24.3 Å². The number of rotatable bonds is 10. The number of hydrogen-bond donors (Lipinski definition) is 2. The molecule has 0 saturated heterocycles. The molecule has 8 heteroatoms. The van der Waals surface area contributed by atoms with Gasteiger partial charge in [-0.1, -0.05) is 48.5 Å². The van der Waals surface area contributed by atoms with Crippen molar-refractivity contribution in [3.63, 3.8) is 0 Å². The van der Waals surface area contributed by atoms with Crippen LogP contribution in [0.25, 0.3) is 11.1 Å². The summed E-state index contributed by atoms with van der Waals surface area (Å²) in [6.07, 6.45) is 5.79. The molecular formula is C33H36N4O4. The van der Waals surface area contributed by atoms with Crippen molar-refractivity contribution in [2.24, 2.45) is 0 Å². The Hall–Kier alpha value is -4.59. The number of nitrogens with one attached hydrogen (secondary N) is 1. The molecule has 0 spiro atoms. The van der Waals surface area contributed by atoms with E-state index in [1.807, 2.05) is 70.5 Å². The van der Waals surface area contributed by atoms with Gasteiger partial charge in [-0.15, -0.1) is 0 Å². The second-order valence-electron chi connectivity index (χ2n) is 10.5. The van der Waals surface area contributed by atoms with Gasteiger partial charge in [-0.05, 0) is 78.6 Å². The number of amides is 2. The first kappa shape index (κ1) is 28.0. The molecule has 4 aromatic rings. The molecule has 0 radical (unpaired) electrons. The fraction of sp³-hybridized carbons (Fsp3) is 0.303. The number of fused-ring (bicyclic) bond motifs is 1. The molecule has 0 aliphatic carbocycles. The Morgan fingerprint density at radius 3 is 2.71 bits per heavy atom. The van der Waals surface area contributed by atoms with Crippen LogP contribution in [0.2, 0.25) is 0 Å². The van der Waals surface area contributed by atoms with Crippen LogP contribution in [-0.4, -0.2) is 40.0 Å². The fourth-order valence-electron chi connectivity index (χ4n) is 5.37. The molecule has 1 aliphatic heterocycles. The minimum atomic E-state index is -1.04. The van der Waals surface area contributed by atoms with E-state index in [0.717, 1.165) is 58.6 Å². The van der Waals surface area contributed by atoms with E-state index in [1.165, 1.54) is 11.1 Å². The molecule has 0 atom stereocenters. The molecular weight excluding hydrogens is 516 g/mol. The molecule has 2 N–H and O–H groups in total. The van der Waals surface area contributed by atoms with Crippen LogP contribution in [0.3, 0.4) is 0 Å². The van der Waals surface area contributed by atoms with Crippen molar-refractivity contribution in [2.45, 2.75) is 52.6 Å². The van der Waals surface area contributed by atoms with E-state index >= 15 is 0 Å². The topological polar surface area (TPSA) is 96.7 Å². The normalized spacial score (nSPS) is 12.6. The Kier molecular flexibility index (Phi) is 8.67. The van der Waals surface area contributed by atoms with Crippen molar-refractivity contribution < 1.29 is 19.4 Å². The Bertz CT molecular complexity index is 1540.